The Morgan fingerprint density at radius 1 is 1.56 bits per heavy atom. The zero-order valence-corrected chi connectivity index (χ0v) is 10.0. The van der Waals surface area contributed by atoms with Gasteiger partial charge in [0, 0.05) is 30.5 Å². The molecule has 1 aromatic heterocycles. The first-order chi connectivity index (χ1) is 7.50. The fourth-order valence-electron chi connectivity index (χ4n) is 1.26. The third-order valence-corrected chi connectivity index (χ3v) is 2.57. The summed E-state index contributed by atoms with van der Waals surface area (Å²) >= 11 is 0. The minimum absolute atomic E-state index is 0.0458. The van der Waals surface area contributed by atoms with Gasteiger partial charge in [0.15, 0.2) is 0 Å². The number of nitrogens with one attached hydrogen (secondary N) is 1. The molecule has 0 aliphatic rings. The van der Waals surface area contributed by atoms with Crippen molar-refractivity contribution in [2.75, 3.05) is 5.32 Å². The van der Waals surface area contributed by atoms with Gasteiger partial charge in [-0.2, -0.15) is 0 Å². The van der Waals surface area contributed by atoms with Crippen molar-refractivity contribution in [3.63, 3.8) is 0 Å². The summed E-state index contributed by atoms with van der Waals surface area (Å²) in [6.45, 7) is 5.93. The monoisotopic (exact) mass is 221 g/mol. The Hall–Kier alpha value is -1.42. The smallest absolute Gasteiger partial charge is 0.225 e. The zero-order chi connectivity index (χ0) is 12.1. The number of nitrogens with zero attached hydrogens (tertiary/aromatic N) is 1. The molecule has 1 aromatic rings. The third-order valence-electron chi connectivity index (χ3n) is 2.57. The lowest BCUT2D eigenvalue weighted by Gasteiger charge is -2.15. The van der Waals surface area contributed by atoms with Gasteiger partial charge in [0.05, 0.1) is 0 Å². The molecule has 0 saturated heterocycles. The van der Waals surface area contributed by atoms with Gasteiger partial charge in [-0.25, -0.2) is 0 Å². The van der Waals surface area contributed by atoms with E-state index < -0.39 is 0 Å². The molecule has 1 heterocycles. The second-order valence-electron chi connectivity index (χ2n) is 4.35. The Morgan fingerprint density at radius 3 is 2.81 bits per heavy atom. The molecule has 0 aliphatic heterocycles. The molecule has 0 saturated carbocycles. The number of anilines is 1. The molecular weight excluding hydrogens is 202 g/mol. The average molecular weight is 221 g/mol. The molecule has 1 rings (SSSR count). The van der Waals surface area contributed by atoms with E-state index in [4.69, 9.17) is 5.73 Å². The van der Waals surface area contributed by atoms with Crippen LogP contribution < -0.4 is 11.1 Å². The zero-order valence-electron chi connectivity index (χ0n) is 10.0. The van der Waals surface area contributed by atoms with Crippen LogP contribution >= 0.6 is 0 Å². The lowest BCUT2D eigenvalue weighted by atomic mass is 10.0. The largest absolute Gasteiger partial charge is 0.327 e. The molecule has 4 nitrogen and oxygen atoms in total. The first kappa shape index (κ1) is 12.6. The van der Waals surface area contributed by atoms with Crippen LogP contribution in [0.1, 0.15) is 25.8 Å². The minimum Gasteiger partial charge on any atom is -0.327 e. The highest BCUT2D eigenvalue weighted by molar-refractivity contribution is 5.91. The van der Waals surface area contributed by atoms with Crippen LogP contribution in [0.2, 0.25) is 0 Å². The topological polar surface area (TPSA) is 68.0 Å². The van der Waals surface area contributed by atoms with E-state index >= 15 is 0 Å². The SMILES string of the molecule is Cc1cnccc1NC(=O)CC(N)C(C)C. The van der Waals surface area contributed by atoms with Crippen molar-refractivity contribution in [1.82, 2.24) is 4.98 Å². The predicted octanol–water partition coefficient (Wildman–Crippen LogP) is 1.70. The number of aromatic nitrogens is 1. The maximum absolute atomic E-state index is 11.7. The number of carbonyl (C=O) groups excluding carboxylic acids is 1. The first-order valence-corrected chi connectivity index (χ1v) is 5.46. The molecule has 3 N–H and O–H groups in total. The maximum Gasteiger partial charge on any atom is 0.225 e. The van der Waals surface area contributed by atoms with Gasteiger partial charge in [0.1, 0.15) is 0 Å². The van der Waals surface area contributed by atoms with Crippen molar-refractivity contribution in [1.29, 1.82) is 0 Å². The van der Waals surface area contributed by atoms with Crippen molar-refractivity contribution in [3.05, 3.63) is 24.0 Å². The molecule has 0 aromatic carbocycles. The number of hydrogen-bond acceptors (Lipinski definition) is 3. The highest BCUT2D eigenvalue weighted by atomic mass is 16.1. The summed E-state index contributed by atoms with van der Waals surface area (Å²) in [5.41, 5.74) is 7.59. The summed E-state index contributed by atoms with van der Waals surface area (Å²) < 4.78 is 0. The Bertz CT molecular complexity index is 363. The molecular formula is C12H19N3O. The van der Waals surface area contributed by atoms with Crippen LogP contribution in [-0.4, -0.2) is 16.9 Å². The summed E-state index contributed by atoms with van der Waals surface area (Å²) in [7, 11) is 0. The van der Waals surface area contributed by atoms with E-state index in [2.05, 4.69) is 10.3 Å². The number of amides is 1. The summed E-state index contributed by atoms with van der Waals surface area (Å²) in [6.07, 6.45) is 3.72. The molecule has 1 unspecified atom stereocenters. The van der Waals surface area contributed by atoms with Crippen molar-refractivity contribution >= 4 is 11.6 Å². The van der Waals surface area contributed by atoms with Crippen LogP contribution in [0.15, 0.2) is 18.5 Å². The van der Waals surface area contributed by atoms with Crippen LogP contribution in [0, 0.1) is 12.8 Å². The van der Waals surface area contributed by atoms with Crippen molar-refractivity contribution < 1.29 is 4.79 Å². The summed E-state index contributed by atoms with van der Waals surface area (Å²) in [5, 5.41) is 2.84. The van der Waals surface area contributed by atoms with E-state index in [1.807, 2.05) is 20.8 Å². The van der Waals surface area contributed by atoms with Crippen LogP contribution in [0.25, 0.3) is 0 Å². The van der Waals surface area contributed by atoms with Gasteiger partial charge in [0.2, 0.25) is 5.91 Å². The second-order valence-corrected chi connectivity index (χ2v) is 4.35. The van der Waals surface area contributed by atoms with Crippen LogP contribution in [-0.2, 0) is 4.79 Å². The molecule has 0 aliphatic carbocycles. The fourth-order valence-corrected chi connectivity index (χ4v) is 1.26. The predicted molar refractivity (Wildman–Crippen MR) is 65.0 cm³/mol. The van der Waals surface area contributed by atoms with Crippen molar-refractivity contribution in [2.45, 2.75) is 33.2 Å². The number of rotatable bonds is 4. The Morgan fingerprint density at radius 2 is 2.25 bits per heavy atom. The van der Waals surface area contributed by atoms with Crippen molar-refractivity contribution in [3.8, 4) is 0 Å². The van der Waals surface area contributed by atoms with Gasteiger partial charge in [-0.3, -0.25) is 9.78 Å². The maximum atomic E-state index is 11.7. The minimum atomic E-state index is -0.0952. The number of carbonyl (C=O) groups is 1. The molecule has 0 spiro atoms. The van der Waals surface area contributed by atoms with Gasteiger partial charge >= 0.3 is 0 Å². The summed E-state index contributed by atoms with van der Waals surface area (Å²) in [5.74, 6) is 0.264. The lowest BCUT2D eigenvalue weighted by molar-refractivity contribution is -0.116. The van der Waals surface area contributed by atoms with Crippen LogP contribution in [0.4, 0.5) is 5.69 Å². The van der Waals surface area contributed by atoms with E-state index in [0.29, 0.717) is 12.3 Å². The number of hydrogen-bond donors (Lipinski definition) is 2. The molecule has 88 valence electrons. The lowest BCUT2D eigenvalue weighted by Crippen LogP contribution is -2.31. The summed E-state index contributed by atoms with van der Waals surface area (Å²) in [4.78, 5) is 15.6. The van der Waals surface area contributed by atoms with E-state index in [0.717, 1.165) is 11.3 Å². The quantitative estimate of drug-likeness (QED) is 0.813. The number of pyridine rings is 1. The van der Waals surface area contributed by atoms with Gasteiger partial charge in [-0.1, -0.05) is 13.8 Å². The third kappa shape index (κ3) is 3.62. The van der Waals surface area contributed by atoms with Gasteiger partial charge < -0.3 is 11.1 Å². The standard InChI is InChI=1S/C12H19N3O/c1-8(2)10(13)6-12(16)15-11-4-5-14-7-9(11)3/h4-5,7-8,10H,6,13H2,1-3H3,(H,14,15,16). The molecule has 0 bridgehead atoms. The Kier molecular flexibility index (Phi) is 4.43. The number of nitrogens with two attached hydrogens (primary N) is 1. The van der Waals surface area contributed by atoms with Crippen molar-refractivity contribution in [2.24, 2.45) is 11.7 Å². The van der Waals surface area contributed by atoms with Gasteiger partial charge in [-0.15, -0.1) is 0 Å². The molecule has 0 radical (unpaired) electrons. The Labute approximate surface area is 96.3 Å². The molecule has 1 atom stereocenters. The molecule has 0 fully saturated rings. The summed E-state index contributed by atoms with van der Waals surface area (Å²) in [6, 6.07) is 1.69. The van der Waals surface area contributed by atoms with E-state index in [1.165, 1.54) is 0 Å². The Balaban J connectivity index is 2.55. The highest BCUT2D eigenvalue weighted by Crippen LogP contribution is 2.12. The highest BCUT2D eigenvalue weighted by Gasteiger charge is 2.13. The molecule has 1 amide bonds. The van der Waals surface area contributed by atoms with E-state index in [-0.39, 0.29) is 11.9 Å². The van der Waals surface area contributed by atoms with E-state index in [9.17, 15) is 4.79 Å². The normalized spacial score (nSPS) is 12.6. The second kappa shape index (κ2) is 5.61. The van der Waals surface area contributed by atoms with Gasteiger partial charge in [0.25, 0.3) is 0 Å². The van der Waals surface area contributed by atoms with Gasteiger partial charge in [-0.05, 0) is 24.5 Å². The first-order valence-electron chi connectivity index (χ1n) is 5.46. The van der Waals surface area contributed by atoms with Crippen LogP contribution in [0.3, 0.4) is 0 Å². The molecule has 16 heavy (non-hydrogen) atoms. The molecule has 4 heteroatoms. The van der Waals surface area contributed by atoms with Crippen LogP contribution in [0.5, 0.6) is 0 Å². The van der Waals surface area contributed by atoms with E-state index in [1.54, 1.807) is 18.5 Å². The fraction of sp³-hybridized carbons (Fsp3) is 0.500. The average Bonchev–Trinajstić information content (AvgIpc) is 2.21. The number of aryl methyl sites for hydroxylation is 1.